The van der Waals surface area contributed by atoms with Gasteiger partial charge < -0.3 is 14.8 Å². The Bertz CT molecular complexity index is 661. The molecule has 5 heteroatoms. The summed E-state index contributed by atoms with van der Waals surface area (Å²) in [6.07, 6.45) is 1.42. The number of carbonyl (C=O) groups is 1. The minimum atomic E-state index is -0.948. The Labute approximate surface area is 122 Å². The summed E-state index contributed by atoms with van der Waals surface area (Å²) in [6.45, 7) is 5.50. The molecule has 1 heterocycles. The van der Waals surface area contributed by atoms with Gasteiger partial charge in [0.2, 0.25) is 0 Å². The molecule has 0 aliphatic carbocycles. The first kappa shape index (κ1) is 15.5. The highest BCUT2D eigenvalue weighted by atomic mass is 19.1. The van der Waals surface area contributed by atoms with Crippen LogP contribution in [0.1, 0.15) is 42.8 Å². The summed E-state index contributed by atoms with van der Waals surface area (Å²) in [6, 6.07) is 4.14. The topological polar surface area (TPSA) is 62.5 Å². The molecule has 2 N–H and O–H groups in total. The van der Waals surface area contributed by atoms with Crippen LogP contribution in [0, 0.1) is 12.7 Å². The van der Waals surface area contributed by atoms with Gasteiger partial charge in [0.1, 0.15) is 11.4 Å². The number of fused-ring (bicyclic) bond motifs is 1. The summed E-state index contributed by atoms with van der Waals surface area (Å²) in [5.74, 6) is -0.618. The standard InChI is InChI=1S/C16H20FNO3/c1-4-7-16(3,20)9-18-15(19)14-10(2)12-8-11(17)5-6-13(12)21-14/h5-6,8,20H,4,7,9H2,1-3H3,(H,18,19). The van der Waals surface area contributed by atoms with Gasteiger partial charge in [-0.3, -0.25) is 4.79 Å². The zero-order valence-electron chi connectivity index (χ0n) is 12.5. The second kappa shape index (κ2) is 5.85. The van der Waals surface area contributed by atoms with E-state index in [4.69, 9.17) is 4.42 Å². The van der Waals surface area contributed by atoms with Crippen molar-refractivity contribution in [2.75, 3.05) is 6.54 Å². The van der Waals surface area contributed by atoms with Gasteiger partial charge in [0.15, 0.2) is 5.76 Å². The summed E-state index contributed by atoms with van der Waals surface area (Å²) in [7, 11) is 0. The van der Waals surface area contributed by atoms with Crippen molar-refractivity contribution in [1.82, 2.24) is 5.32 Å². The molecule has 0 saturated heterocycles. The number of aryl methyl sites for hydroxylation is 1. The van der Waals surface area contributed by atoms with Gasteiger partial charge >= 0.3 is 0 Å². The quantitative estimate of drug-likeness (QED) is 0.890. The third-order valence-electron chi connectivity index (χ3n) is 3.52. The molecule has 1 aromatic carbocycles. The van der Waals surface area contributed by atoms with Crippen LogP contribution in [-0.4, -0.2) is 23.2 Å². The van der Waals surface area contributed by atoms with Crippen LogP contribution in [0.2, 0.25) is 0 Å². The summed E-state index contributed by atoms with van der Waals surface area (Å²) >= 11 is 0. The van der Waals surface area contributed by atoms with E-state index in [0.29, 0.717) is 23.0 Å². The lowest BCUT2D eigenvalue weighted by Crippen LogP contribution is -2.40. The van der Waals surface area contributed by atoms with Crippen LogP contribution in [0.3, 0.4) is 0 Å². The van der Waals surface area contributed by atoms with Crippen LogP contribution in [-0.2, 0) is 0 Å². The number of amides is 1. The molecular weight excluding hydrogens is 273 g/mol. The van der Waals surface area contributed by atoms with Crippen LogP contribution in [0.15, 0.2) is 22.6 Å². The second-order valence-corrected chi connectivity index (χ2v) is 5.63. The lowest BCUT2D eigenvalue weighted by atomic mass is 10.0. The third kappa shape index (κ3) is 3.42. The van der Waals surface area contributed by atoms with Crippen molar-refractivity contribution in [1.29, 1.82) is 0 Å². The normalized spacial score (nSPS) is 14.1. The first-order valence-electron chi connectivity index (χ1n) is 7.03. The van der Waals surface area contributed by atoms with E-state index in [2.05, 4.69) is 5.32 Å². The fraction of sp³-hybridized carbons (Fsp3) is 0.438. The molecule has 114 valence electrons. The van der Waals surface area contributed by atoms with Gasteiger partial charge in [0.25, 0.3) is 5.91 Å². The van der Waals surface area contributed by atoms with Gasteiger partial charge in [-0.25, -0.2) is 4.39 Å². The summed E-state index contributed by atoms with van der Waals surface area (Å²) in [5.41, 5.74) is 0.118. The van der Waals surface area contributed by atoms with E-state index in [9.17, 15) is 14.3 Å². The largest absolute Gasteiger partial charge is 0.451 e. The van der Waals surface area contributed by atoms with E-state index in [1.54, 1.807) is 13.8 Å². The molecule has 2 aromatic rings. The van der Waals surface area contributed by atoms with Crippen molar-refractivity contribution in [3.63, 3.8) is 0 Å². The van der Waals surface area contributed by atoms with Crippen molar-refractivity contribution in [2.24, 2.45) is 0 Å². The van der Waals surface area contributed by atoms with E-state index in [0.717, 1.165) is 6.42 Å². The molecule has 0 aliphatic rings. The highest BCUT2D eigenvalue weighted by Crippen LogP contribution is 2.26. The Morgan fingerprint density at radius 3 is 2.86 bits per heavy atom. The number of nitrogens with one attached hydrogen (secondary N) is 1. The SMILES string of the molecule is CCCC(C)(O)CNC(=O)c1oc2ccc(F)cc2c1C. The van der Waals surface area contributed by atoms with E-state index in [1.165, 1.54) is 18.2 Å². The van der Waals surface area contributed by atoms with Crippen molar-refractivity contribution in [3.8, 4) is 0 Å². The number of rotatable bonds is 5. The Morgan fingerprint density at radius 1 is 1.48 bits per heavy atom. The molecule has 0 saturated carbocycles. The van der Waals surface area contributed by atoms with Gasteiger partial charge in [0.05, 0.1) is 5.60 Å². The van der Waals surface area contributed by atoms with Crippen LogP contribution in [0.5, 0.6) is 0 Å². The molecule has 1 unspecified atom stereocenters. The maximum Gasteiger partial charge on any atom is 0.287 e. The van der Waals surface area contributed by atoms with Crippen LogP contribution in [0.25, 0.3) is 11.0 Å². The van der Waals surface area contributed by atoms with Crippen molar-refractivity contribution >= 4 is 16.9 Å². The average Bonchev–Trinajstić information content (AvgIpc) is 2.73. The fourth-order valence-electron chi connectivity index (χ4n) is 2.39. The molecular formula is C16H20FNO3. The molecule has 0 spiro atoms. The molecule has 2 rings (SSSR count). The highest BCUT2D eigenvalue weighted by molar-refractivity contribution is 5.98. The summed E-state index contributed by atoms with van der Waals surface area (Å²) in [4.78, 5) is 12.2. The van der Waals surface area contributed by atoms with Crippen LogP contribution < -0.4 is 5.32 Å². The summed E-state index contributed by atoms with van der Waals surface area (Å²) in [5, 5.41) is 13.3. The van der Waals surface area contributed by atoms with Crippen molar-refractivity contribution < 1.29 is 18.7 Å². The molecule has 4 nitrogen and oxygen atoms in total. The Kier molecular flexibility index (Phi) is 4.32. The van der Waals surface area contributed by atoms with Gasteiger partial charge in [-0.1, -0.05) is 13.3 Å². The number of hydrogen-bond donors (Lipinski definition) is 2. The number of carbonyl (C=O) groups excluding carboxylic acids is 1. The lowest BCUT2D eigenvalue weighted by molar-refractivity contribution is 0.0463. The van der Waals surface area contributed by atoms with Gasteiger partial charge in [0, 0.05) is 17.5 Å². The van der Waals surface area contributed by atoms with E-state index in [1.807, 2.05) is 6.92 Å². The molecule has 0 bridgehead atoms. The van der Waals surface area contributed by atoms with Gasteiger partial charge in [-0.15, -0.1) is 0 Å². The second-order valence-electron chi connectivity index (χ2n) is 5.63. The maximum absolute atomic E-state index is 13.2. The molecule has 0 aliphatic heterocycles. The number of benzene rings is 1. The fourth-order valence-corrected chi connectivity index (χ4v) is 2.39. The minimum Gasteiger partial charge on any atom is -0.451 e. The van der Waals surface area contributed by atoms with Gasteiger partial charge in [-0.2, -0.15) is 0 Å². The Hall–Kier alpha value is -1.88. The molecule has 1 aromatic heterocycles. The lowest BCUT2D eigenvalue weighted by Gasteiger charge is -2.22. The predicted octanol–water partition coefficient (Wildman–Crippen LogP) is 3.16. The zero-order valence-corrected chi connectivity index (χ0v) is 12.5. The zero-order chi connectivity index (χ0) is 15.6. The van der Waals surface area contributed by atoms with Gasteiger partial charge in [-0.05, 0) is 38.5 Å². The first-order valence-corrected chi connectivity index (χ1v) is 7.03. The molecule has 0 fully saturated rings. The first-order chi connectivity index (χ1) is 9.84. The smallest absolute Gasteiger partial charge is 0.287 e. The molecule has 21 heavy (non-hydrogen) atoms. The van der Waals surface area contributed by atoms with E-state index < -0.39 is 11.5 Å². The monoisotopic (exact) mass is 293 g/mol. The summed E-state index contributed by atoms with van der Waals surface area (Å²) < 4.78 is 18.7. The number of halogens is 1. The number of aliphatic hydroxyl groups is 1. The number of hydrogen-bond acceptors (Lipinski definition) is 3. The van der Waals surface area contributed by atoms with Crippen molar-refractivity contribution in [2.45, 2.75) is 39.2 Å². The Balaban J connectivity index is 2.18. The predicted molar refractivity (Wildman–Crippen MR) is 78.8 cm³/mol. The van der Waals surface area contributed by atoms with E-state index in [-0.39, 0.29) is 18.1 Å². The average molecular weight is 293 g/mol. The molecule has 1 amide bonds. The van der Waals surface area contributed by atoms with E-state index >= 15 is 0 Å². The molecule has 0 radical (unpaired) electrons. The van der Waals surface area contributed by atoms with Crippen molar-refractivity contribution in [3.05, 3.63) is 35.3 Å². The third-order valence-corrected chi connectivity index (χ3v) is 3.52. The molecule has 1 atom stereocenters. The highest BCUT2D eigenvalue weighted by Gasteiger charge is 2.23. The van der Waals surface area contributed by atoms with Crippen LogP contribution >= 0.6 is 0 Å². The minimum absolute atomic E-state index is 0.143. The Morgan fingerprint density at radius 2 is 2.19 bits per heavy atom. The number of furan rings is 1. The maximum atomic E-state index is 13.2. The van der Waals surface area contributed by atoms with Crippen LogP contribution in [0.4, 0.5) is 4.39 Å².